The Morgan fingerprint density at radius 2 is 1.59 bits per heavy atom. The zero-order valence-corrected chi connectivity index (χ0v) is 22.0. The Balaban J connectivity index is 0. The third kappa shape index (κ3) is 15.4. The fraction of sp³-hybridized carbons (Fsp3) is 0.316. The molecule has 1 aromatic rings. The summed E-state index contributed by atoms with van der Waals surface area (Å²) in [6.45, 7) is 0. The number of carbonyl (C=O) groups is 1. The van der Waals surface area contributed by atoms with Gasteiger partial charge in [0.15, 0.2) is 5.17 Å². The molecule has 1 amide bonds. The van der Waals surface area contributed by atoms with E-state index in [1.54, 1.807) is 18.0 Å². The second kappa shape index (κ2) is 19.8. The van der Waals surface area contributed by atoms with E-state index in [0.29, 0.717) is 10.9 Å². The molecule has 4 nitrogen and oxygen atoms in total. The van der Waals surface area contributed by atoms with Gasteiger partial charge in [0.2, 0.25) is 5.91 Å². The molecule has 0 spiro atoms. The second-order valence-corrected chi connectivity index (χ2v) is 8.38. The molecule has 1 aromatic carbocycles. The molecule has 1 aliphatic heterocycles. The van der Waals surface area contributed by atoms with Crippen LogP contribution in [0.25, 0.3) is 0 Å². The summed E-state index contributed by atoms with van der Waals surface area (Å²) in [4.78, 5) is 12.1. The van der Waals surface area contributed by atoms with Crippen molar-refractivity contribution < 1.29 is 49.1 Å². The van der Waals surface area contributed by atoms with E-state index in [9.17, 15) is 4.79 Å². The SMILES string of the molecule is C1=C\CC/C=C\CC/1.O=C1CS/C(=N\N=C/CSc2ccc(Br)cc2)N1.[Cl-].[Cl-].[Ru+2]. The zero-order valence-electron chi connectivity index (χ0n) is 15.5. The number of thioether (sulfide) groups is 2. The number of hydrogen-bond acceptors (Lipinski definition) is 5. The minimum Gasteiger partial charge on any atom is -1.00 e. The van der Waals surface area contributed by atoms with E-state index in [1.807, 2.05) is 24.3 Å². The molecule has 1 heterocycles. The Kier molecular flexibility index (Phi) is 21.3. The molecular formula is C19H22BrCl2N3ORuS2. The van der Waals surface area contributed by atoms with E-state index >= 15 is 0 Å². The van der Waals surface area contributed by atoms with Crippen molar-refractivity contribution in [2.24, 2.45) is 10.2 Å². The summed E-state index contributed by atoms with van der Waals surface area (Å²) in [5, 5.41) is 11.0. The molecule has 1 aliphatic carbocycles. The Labute approximate surface area is 215 Å². The number of nitrogens with zero attached hydrogens (tertiary/aromatic N) is 2. The van der Waals surface area contributed by atoms with Crippen LogP contribution in [0.1, 0.15) is 25.7 Å². The van der Waals surface area contributed by atoms with Gasteiger partial charge in [-0.25, -0.2) is 0 Å². The van der Waals surface area contributed by atoms with Crippen molar-refractivity contribution in [2.45, 2.75) is 30.6 Å². The van der Waals surface area contributed by atoms with Gasteiger partial charge in [0.1, 0.15) is 0 Å². The average molecular weight is 624 g/mol. The Morgan fingerprint density at radius 1 is 1.03 bits per heavy atom. The van der Waals surface area contributed by atoms with Crippen LogP contribution in [-0.4, -0.2) is 28.8 Å². The van der Waals surface area contributed by atoms with Crippen molar-refractivity contribution in [2.75, 3.05) is 11.5 Å². The van der Waals surface area contributed by atoms with Crippen molar-refractivity contribution in [3.05, 3.63) is 53.0 Å². The van der Waals surface area contributed by atoms with Crippen LogP contribution in [0.15, 0.2) is 68.1 Å². The summed E-state index contributed by atoms with van der Waals surface area (Å²) in [5.41, 5.74) is 0. The van der Waals surface area contributed by atoms with Crippen molar-refractivity contribution in [1.29, 1.82) is 0 Å². The molecule has 160 valence electrons. The quantitative estimate of drug-likeness (QED) is 0.161. The molecule has 1 fully saturated rings. The predicted octanol–water partition coefficient (Wildman–Crippen LogP) is -0.576. The zero-order chi connectivity index (χ0) is 18.5. The number of rotatable bonds is 4. The van der Waals surface area contributed by atoms with Gasteiger partial charge in [-0.05, 0) is 49.9 Å². The molecule has 29 heavy (non-hydrogen) atoms. The number of benzene rings is 1. The Morgan fingerprint density at radius 3 is 2.07 bits per heavy atom. The van der Waals surface area contributed by atoms with Gasteiger partial charge in [0.05, 0.1) is 5.75 Å². The standard InChI is InChI=1S/C11H10BrN3OS2.C8H12.2ClH.Ru/c12-8-1-3-9(4-2-8)17-6-5-13-15-11-14-10(16)7-18-11;1-2-4-6-8-7-5-3-1;;;/h1-5H,6-7H2,(H,14,15,16);1-2,7-8H,3-6H2;2*1H;/q;;;;+2/p-2/b13-5-;2-1-,8-7-;;;. The molecule has 0 atom stereocenters. The van der Waals surface area contributed by atoms with Crippen LogP contribution in [-0.2, 0) is 24.3 Å². The van der Waals surface area contributed by atoms with Gasteiger partial charge >= 0.3 is 19.5 Å². The number of nitrogens with one attached hydrogen (secondary N) is 1. The van der Waals surface area contributed by atoms with Gasteiger partial charge < -0.3 is 30.1 Å². The number of halogens is 3. The van der Waals surface area contributed by atoms with Crippen LogP contribution in [0, 0.1) is 0 Å². The molecule has 1 saturated heterocycles. The maximum atomic E-state index is 10.9. The number of amides is 1. The summed E-state index contributed by atoms with van der Waals surface area (Å²) < 4.78 is 1.07. The summed E-state index contributed by atoms with van der Waals surface area (Å²) in [6, 6.07) is 8.10. The van der Waals surface area contributed by atoms with Crippen LogP contribution in [0.5, 0.6) is 0 Å². The normalized spacial score (nSPS) is 18.7. The van der Waals surface area contributed by atoms with Crippen molar-refractivity contribution in [1.82, 2.24) is 5.32 Å². The molecule has 2 aliphatic rings. The molecule has 3 rings (SSSR count). The van der Waals surface area contributed by atoms with Crippen molar-refractivity contribution in [3.8, 4) is 0 Å². The second-order valence-electron chi connectivity index (χ2n) is 5.40. The largest absolute Gasteiger partial charge is 2.00 e. The molecule has 0 unspecified atom stereocenters. The number of amidine groups is 1. The van der Waals surface area contributed by atoms with Gasteiger partial charge in [-0.2, -0.15) is 5.10 Å². The molecule has 0 radical (unpaired) electrons. The first kappa shape index (κ1) is 31.1. The van der Waals surface area contributed by atoms with Gasteiger partial charge in [-0.15, -0.1) is 16.9 Å². The first-order chi connectivity index (χ1) is 12.7. The van der Waals surface area contributed by atoms with E-state index in [4.69, 9.17) is 0 Å². The molecule has 0 aromatic heterocycles. The number of hydrogen-bond donors (Lipinski definition) is 1. The van der Waals surface area contributed by atoms with Crippen molar-refractivity contribution >= 4 is 56.7 Å². The average Bonchev–Trinajstić information content (AvgIpc) is 3.02. The fourth-order valence-electron chi connectivity index (χ4n) is 2.03. The first-order valence-corrected chi connectivity index (χ1v) is 11.2. The Bertz CT molecular complexity index is 675. The van der Waals surface area contributed by atoms with Crippen LogP contribution in [0.3, 0.4) is 0 Å². The summed E-state index contributed by atoms with van der Waals surface area (Å²) in [5.74, 6) is 1.16. The van der Waals surface area contributed by atoms with Crippen LogP contribution >= 0.6 is 39.5 Å². The third-order valence-electron chi connectivity index (χ3n) is 3.29. The monoisotopic (exact) mass is 623 g/mol. The number of carbonyl (C=O) groups excluding carboxylic acids is 1. The smallest absolute Gasteiger partial charge is 1.00 e. The van der Waals surface area contributed by atoms with Gasteiger partial charge in [-0.3, -0.25) is 4.79 Å². The number of allylic oxidation sites excluding steroid dienone is 4. The predicted molar refractivity (Wildman–Crippen MR) is 118 cm³/mol. The molecule has 1 N–H and O–H groups in total. The van der Waals surface area contributed by atoms with Crippen LogP contribution < -0.4 is 30.1 Å². The van der Waals surface area contributed by atoms with E-state index in [2.05, 4.69) is 55.8 Å². The van der Waals surface area contributed by atoms with Crippen LogP contribution in [0.4, 0.5) is 0 Å². The van der Waals surface area contributed by atoms with Gasteiger partial charge in [0, 0.05) is 21.3 Å². The van der Waals surface area contributed by atoms with E-state index in [1.165, 1.54) is 42.3 Å². The van der Waals surface area contributed by atoms with Gasteiger partial charge in [0.25, 0.3) is 0 Å². The van der Waals surface area contributed by atoms with E-state index < -0.39 is 0 Å². The molecule has 0 bridgehead atoms. The minimum atomic E-state index is -0.0156. The van der Waals surface area contributed by atoms with Gasteiger partial charge in [-0.1, -0.05) is 52.0 Å². The molecular weight excluding hydrogens is 602 g/mol. The van der Waals surface area contributed by atoms with Crippen LogP contribution in [0.2, 0.25) is 0 Å². The summed E-state index contributed by atoms with van der Waals surface area (Å²) in [6.07, 6.45) is 15.7. The maximum Gasteiger partial charge on any atom is 2.00 e. The molecule has 10 heteroatoms. The van der Waals surface area contributed by atoms with E-state index in [0.717, 1.165) is 10.2 Å². The first-order valence-electron chi connectivity index (χ1n) is 8.44. The van der Waals surface area contributed by atoms with E-state index in [-0.39, 0.29) is 50.2 Å². The maximum absolute atomic E-state index is 10.9. The topological polar surface area (TPSA) is 53.8 Å². The minimum absolute atomic E-state index is 0. The summed E-state index contributed by atoms with van der Waals surface area (Å²) in [7, 11) is 0. The third-order valence-corrected chi connectivity index (χ3v) is 5.60. The molecule has 0 saturated carbocycles. The van der Waals surface area contributed by atoms with Crippen molar-refractivity contribution in [3.63, 3.8) is 0 Å². The Hall–Kier alpha value is -0.107. The fourth-order valence-corrected chi connectivity index (χ4v) is 3.58. The summed E-state index contributed by atoms with van der Waals surface area (Å²) >= 11 is 6.44.